The third-order valence-electron chi connectivity index (χ3n) is 3.15. The minimum absolute atomic E-state index is 0.187. The summed E-state index contributed by atoms with van der Waals surface area (Å²) in [6, 6.07) is 3.87. The number of ether oxygens (including phenoxy) is 3. The molecule has 7 heteroatoms. The van der Waals surface area contributed by atoms with Gasteiger partial charge in [-0.2, -0.15) is 0 Å². The first kappa shape index (κ1) is 13.2. The van der Waals surface area contributed by atoms with Crippen molar-refractivity contribution in [1.29, 1.82) is 0 Å². The Morgan fingerprint density at radius 1 is 1.20 bits per heavy atom. The molecule has 1 aromatic carbocycles. The second kappa shape index (κ2) is 5.30. The molecule has 6 nitrogen and oxygen atoms in total. The van der Waals surface area contributed by atoms with Gasteiger partial charge in [-0.1, -0.05) is 0 Å². The highest BCUT2D eigenvalue weighted by molar-refractivity contribution is 6.28. The molecule has 1 N–H and O–H groups in total. The van der Waals surface area contributed by atoms with E-state index in [2.05, 4.69) is 15.3 Å². The quantitative estimate of drug-likeness (QED) is 0.872. The Kier molecular flexibility index (Phi) is 3.50. The number of rotatable bonds is 4. The number of nitrogens with one attached hydrogen (secondary N) is 1. The molecule has 1 saturated heterocycles. The zero-order chi connectivity index (χ0) is 14.1. The number of hydrogen-bond donors (Lipinski definition) is 1. The molecule has 0 atom stereocenters. The summed E-state index contributed by atoms with van der Waals surface area (Å²) in [5, 5.41) is 4.31. The third-order valence-corrected chi connectivity index (χ3v) is 3.32. The van der Waals surface area contributed by atoms with Crippen molar-refractivity contribution in [2.45, 2.75) is 6.04 Å². The van der Waals surface area contributed by atoms with Crippen molar-refractivity contribution in [2.24, 2.45) is 0 Å². The minimum Gasteiger partial charge on any atom is -0.493 e. The van der Waals surface area contributed by atoms with Gasteiger partial charge in [-0.15, -0.1) is 0 Å². The van der Waals surface area contributed by atoms with Crippen LogP contribution in [-0.4, -0.2) is 43.4 Å². The summed E-state index contributed by atoms with van der Waals surface area (Å²) in [4.78, 5) is 8.46. The largest absolute Gasteiger partial charge is 0.493 e. The normalized spacial score (nSPS) is 14.9. The van der Waals surface area contributed by atoms with Crippen LogP contribution in [0.5, 0.6) is 11.5 Å². The van der Waals surface area contributed by atoms with Gasteiger partial charge in [-0.05, 0) is 17.7 Å². The molecule has 0 radical (unpaired) electrons. The molecule has 1 aliphatic rings. The van der Waals surface area contributed by atoms with Gasteiger partial charge in [0.05, 0.1) is 39.0 Å². The SMILES string of the molecule is COc1cc2nc(Cl)nc(NC3COC3)c2cc1OC. The summed E-state index contributed by atoms with van der Waals surface area (Å²) in [7, 11) is 3.17. The number of aromatic nitrogens is 2. The second-order valence-electron chi connectivity index (χ2n) is 4.44. The van der Waals surface area contributed by atoms with Gasteiger partial charge in [0.25, 0.3) is 0 Å². The smallest absolute Gasteiger partial charge is 0.224 e. The van der Waals surface area contributed by atoms with E-state index in [1.807, 2.05) is 6.07 Å². The van der Waals surface area contributed by atoms with Crippen molar-refractivity contribution in [3.63, 3.8) is 0 Å². The first-order valence-electron chi connectivity index (χ1n) is 6.15. The van der Waals surface area contributed by atoms with E-state index < -0.39 is 0 Å². The van der Waals surface area contributed by atoms with Crippen molar-refractivity contribution in [2.75, 3.05) is 32.8 Å². The average Bonchev–Trinajstić information content (AvgIpc) is 2.41. The number of nitrogens with zero attached hydrogens (tertiary/aromatic N) is 2. The fourth-order valence-electron chi connectivity index (χ4n) is 2.05. The number of hydrogen-bond acceptors (Lipinski definition) is 6. The van der Waals surface area contributed by atoms with Crippen LogP contribution >= 0.6 is 11.6 Å². The van der Waals surface area contributed by atoms with Crippen LogP contribution in [0.25, 0.3) is 10.9 Å². The predicted octanol–water partition coefficient (Wildman–Crippen LogP) is 2.11. The molecule has 20 heavy (non-hydrogen) atoms. The van der Waals surface area contributed by atoms with E-state index in [0.717, 1.165) is 5.39 Å². The Hall–Kier alpha value is -1.79. The summed E-state index contributed by atoms with van der Waals surface area (Å²) >= 11 is 5.97. The van der Waals surface area contributed by atoms with Crippen molar-refractivity contribution in [3.05, 3.63) is 17.4 Å². The lowest BCUT2D eigenvalue weighted by molar-refractivity contribution is 0.0210. The maximum Gasteiger partial charge on any atom is 0.224 e. The third kappa shape index (κ3) is 2.32. The molecule has 2 heterocycles. The molecule has 0 spiro atoms. The molecule has 1 fully saturated rings. The number of methoxy groups -OCH3 is 2. The lowest BCUT2D eigenvalue weighted by Gasteiger charge is -2.27. The lowest BCUT2D eigenvalue weighted by atomic mass is 10.2. The minimum atomic E-state index is 0.187. The summed E-state index contributed by atoms with van der Waals surface area (Å²) in [5.41, 5.74) is 0.699. The molecule has 0 saturated carbocycles. The van der Waals surface area contributed by atoms with E-state index in [9.17, 15) is 0 Å². The molecule has 0 unspecified atom stereocenters. The Morgan fingerprint density at radius 2 is 1.90 bits per heavy atom. The van der Waals surface area contributed by atoms with Crippen molar-refractivity contribution < 1.29 is 14.2 Å². The summed E-state index contributed by atoms with van der Waals surface area (Å²) in [6.45, 7) is 1.33. The molecule has 0 amide bonds. The summed E-state index contributed by atoms with van der Waals surface area (Å²) in [5.74, 6) is 1.90. The van der Waals surface area contributed by atoms with Gasteiger partial charge < -0.3 is 19.5 Å². The van der Waals surface area contributed by atoms with E-state index in [0.29, 0.717) is 36.0 Å². The van der Waals surface area contributed by atoms with Crippen LogP contribution in [0.15, 0.2) is 12.1 Å². The van der Waals surface area contributed by atoms with Crippen LogP contribution in [0.4, 0.5) is 5.82 Å². The highest BCUT2D eigenvalue weighted by Crippen LogP contribution is 2.34. The van der Waals surface area contributed by atoms with Crippen LogP contribution < -0.4 is 14.8 Å². The van der Waals surface area contributed by atoms with Gasteiger partial charge in [0, 0.05) is 11.5 Å². The fourth-order valence-corrected chi connectivity index (χ4v) is 2.23. The van der Waals surface area contributed by atoms with Crippen LogP contribution in [-0.2, 0) is 4.74 Å². The van der Waals surface area contributed by atoms with Crippen molar-refractivity contribution in [1.82, 2.24) is 9.97 Å². The molecule has 0 bridgehead atoms. The Balaban J connectivity index is 2.12. The molecular weight excluding hydrogens is 282 g/mol. The highest BCUT2D eigenvalue weighted by Gasteiger charge is 2.21. The van der Waals surface area contributed by atoms with E-state index in [-0.39, 0.29) is 11.3 Å². The fraction of sp³-hybridized carbons (Fsp3) is 0.385. The van der Waals surface area contributed by atoms with E-state index in [1.165, 1.54) is 0 Å². The number of fused-ring (bicyclic) bond motifs is 1. The average molecular weight is 296 g/mol. The van der Waals surface area contributed by atoms with Crippen LogP contribution in [0.1, 0.15) is 0 Å². The zero-order valence-corrected chi connectivity index (χ0v) is 11.9. The standard InChI is InChI=1S/C13H14ClN3O3/c1-18-10-3-8-9(4-11(10)19-2)16-13(14)17-12(8)15-7-5-20-6-7/h3-4,7H,5-6H2,1-2H3,(H,15,16,17). The van der Waals surface area contributed by atoms with Gasteiger partial charge in [0.1, 0.15) is 5.82 Å². The second-order valence-corrected chi connectivity index (χ2v) is 4.78. The van der Waals surface area contributed by atoms with Crippen LogP contribution in [0.3, 0.4) is 0 Å². The van der Waals surface area contributed by atoms with Gasteiger partial charge in [0.15, 0.2) is 11.5 Å². The van der Waals surface area contributed by atoms with Gasteiger partial charge in [0.2, 0.25) is 5.28 Å². The van der Waals surface area contributed by atoms with E-state index in [1.54, 1.807) is 20.3 Å². The number of anilines is 1. The lowest BCUT2D eigenvalue weighted by Crippen LogP contribution is -2.40. The van der Waals surface area contributed by atoms with Gasteiger partial charge >= 0.3 is 0 Å². The van der Waals surface area contributed by atoms with Crippen molar-refractivity contribution in [3.8, 4) is 11.5 Å². The monoisotopic (exact) mass is 295 g/mol. The van der Waals surface area contributed by atoms with Gasteiger partial charge in [-0.3, -0.25) is 0 Å². The maximum atomic E-state index is 5.97. The molecule has 1 aromatic heterocycles. The first-order valence-corrected chi connectivity index (χ1v) is 6.52. The topological polar surface area (TPSA) is 65.5 Å². The van der Waals surface area contributed by atoms with E-state index in [4.69, 9.17) is 25.8 Å². The Bertz CT molecular complexity index is 646. The molecule has 106 valence electrons. The molecule has 2 aromatic rings. The predicted molar refractivity (Wildman–Crippen MR) is 75.9 cm³/mol. The Labute approximate surface area is 121 Å². The van der Waals surface area contributed by atoms with Crippen LogP contribution in [0, 0.1) is 0 Å². The Morgan fingerprint density at radius 3 is 2.50 bits per heavy atom. The number of halogens is 1. The molecule has 1 aliphatic heterocycles. The number of benzene rings is 1. The summed E-state index contributed by atoms with van der Waals surface area (Å²) in [6.07, 6.45) is 0. The molecule has 3 rings (SSSR count). The van der Waals surface area contributed by atoms with Crippen LogP contribution in [0.2, 0.25) is 5.28 Å². The molecular formula is C13H14ClN3O3. The highest BCUT2D eigenvalue weighted by atomic mass is 35.5. The summed E-state index contributed by atoms with van der Waals surface area (Å²) < 4.78 is 15.7. The maximum absolute atomic E-state index is 5.97. The van der Waals surface area contributed by atoms with Gasteiger partial charge in [-0.25, -0.2) is 9.97 Å². The zero-order valence-electron chi connectivity index (χ0n) is 11.1. The first-order chi connectivity index (χ1) is 9.71. The van der Waals surface area contributed by atoms with Crippen molar-refractivity contribution >= 4 is 28.3 Å². The molecule has 0 aliphatic carbocycles. The van der Waals surface area contributed by atoms with E-state index >= 15 is 0 Å².